The fourth-order valence-electron chi connectivity index (χ4n) is 2.37. The molecule has 0 unspecified atom stereocenters. The van der Waals surface area contributed by atoms with Crippen molar-refractivity contribution in [2.75, 3.05) is 38.7 Å². The molecular formula is C17H21N3O6. The summed E-state index contributed by atoms with van der Waals surface area (Å²) in [4.78, 5) is 49.8. The molecule has 1 heterocycles. The molecule has 0 bridgehead atoms. The molecule has 0 saturated heterocycles. The Kier molecular flexibility index (Phi) is 6.16. The maximum absolute atomic E-state index is 12.2. The van der Waals surface area contributed by atoms with Gasteiger partial charge in [0, 0.05) is 21.0 Å². The Balaban J connectivity index is 1.97. The molecule has 0 fully saturated rings. The van der Waals surface area contributed by atoms with Crippen molar-refractivity contribution in [2.45, 2.75) is 13.0 Å². The molecule has 0 radical (unpaired) electrons. The highest BCUT2D eigenvalue weighted by Gasteiger charge is 2.34. The van der Waals surface area contributed by atoms with Gasteiger partial charge in [0.1, 0.15) is 5.75 Å². The number of carbonyl (C=O) groups excluding carboxylic acids is 4. The summed E-state index contributed by atoms with van der Waals surface area (Å²) in [6.45, 7) is 0.724. The molecule has 9 nitrogen and oxygen atoms in total. The fraction of sp³-hybridized carbons (Fsp3) is 0.412. The van der Waals surface area contributed by atoms with E-state index in [0.717, 1.165) is 4.90 Å². The number of rotatable bonds is 5. The SMILES string of the molecule is CNC(=O)CN(C)C(=O)COC(=O)[C@@H]1CN(C(C)=O)c2ccccc2O1. The Hall–Kier alpha value is -3.10. The van der Waals surface area contributed by atoms with Crippen molar-refractivity contribution in [3.05, 3.63) is 24.3 Å². The van der Waals surface area contributed by atoms with Crippen LogP contribution in [0.4, 0.5) is 5.69 Å². The lowest BCUT2D eigenvalue weighted by atomic mass is 10.2. The van der Waals surface area contributed by atoms with Gasteiger partial charge in [-0.3, -0.25) is 14.4 Å². The first-order valence-electron chi connectivity index (χ1n) is 7.98. The van der Waals surface area contributed by atoms with E-state index >= 15 is 0 Å². The molecule has 0 aromatic heterocycles. The van der Waals surface area contributed by atoms with Crippen LogP contribution in [0.5, 0.6) is 5.75 Å². The molecule has 1 aromatic rings. The van der Waals surface area contributed by atoms with Gasteiger partial charge in [0.2, 0.25) is 17.9 Å². The van der Waals surface area contributed by atoms with Gasteiger partial charge in [0.15, 0.2) is 6.61 Å². The van der Waals surface area contributed by atoms with E-state index in [1.807, 2.05) is 0 Å². The summed E-state index contributed by atoms with van der Waals surface area (Å²) >= 11 is 0. The number of nitrogens with one attached hydrogen (secondary N) is 1. The van der Waals surface area contributed by atoms with Crippen molar-refractivity contribution in [3.63, 3.8) is 0 Å². The van der Waals surface area contributed by atoms with Gasteiger partial charge in [-0.15, -0.1) is 0 Å². The lowest BCUT2D eigenvalue weighted by Crippen LogP contribution is -2.47. The smallest absolute Gasteiger partial charge is 0.349 e. The third-order valence-electron chi connectivity index (χ3n) is 3.84. The van der Waals surface area contributed by atoms with Crippen LogP contribution in [0.15, 0.2) is 24.3 Å². The number of amides is 3. The van der Waals surface area contributed by atoms with Crippen LogP contribution in [0.1, 0.15) is 6.92 Å². The van der Waals surface area contributed by atoms with Crippen LogP contribution < -0.4 is 15.0 Å². The van der Waals surface area contributed by atoms with E-state index < -0.39 is 24.6 Å². The molecule has 1 aliphatic rings. The van der Waals surface area contributed by atoms with Crippen LogP contribution in [0.25, 0.3) is 0 Å². The second-order valence-electron chi connectivity index (χ2n) is 5.73. The second kappa shape index (κ2) is 8.32. The van der Waals surface area contributed by atoms with Crippen molar-refractivity contribution in [2.24, 2.45) is 0 Å². The standard InChI is InChI=1S/C17H21N3O6/c1-11(21)20-8-14(26-13-7-5-4-6-12(13)20)17(24)25-10-16(23)19(3)9-15(22)18-2/h4-7,14H,8-10H2,1-3H3,(H,18,22)/t14-/m0/s1. The Labute approximate surface area is 150 Å². The van der Waals surface area contributed by atoms with E-state index in [1.54, 1.807) is 24.3 Å². The third-order valence-corrected chi connectivity index (χ3v) is 3.84. The number of ether oxygens (including phenoxy) is 2. The molecule has 1 aliphatic heterocycles. The van der Waals surface area contributed by atoms with Crippen LogP contribution in [0.3, 0.4) is 0 Å². The number of hydrogen-bond donors (Lipinski definition) is 1. The number of hydrogen-bond acceptors (Lipinski definition) is 6. The summed E-state index contributed by atoms with van der Waals surface area (Å²) in [5, 5.41) is 2.39. The van der Waals surface area contributed by atoms with E-state index in [4.69, 9.17) is 9.47 Å². The number of anilines is 1. The van der Waals surface area contributed by atoms with E-state index in [2.05, 4.69) is 5.32 Å². The van der Waals surface area contributed by atoms with Crippen LogP contribution in [-0.4, -0.2) is 68.5 Å². The Morgan fingerprint density at radius 3 is 2.65 bits per heavy atom. The number of carbonyl (C=O) groups is 4. The number of nitrogens with zero attached hydrogens (tertiary/aromatic N) is 2. The monoisotopic (exact) mass is 363 g/mol. The number of likely N-dealkylation sites (N-methyl/N-ethyl adjacent to an activating group) is 2. The van der Waals surface area contributed by atoms with Crippen molar-refractivity contribution < 1.29 is 28.7 Å². The molecule has 140 valence electrons. The minimum atomic E-state index is -1.04. The first-order chi connectivity index (χ1) is 12.3. The molecule has 1 atom stereocenters. The van der Waals surface area contributed by atoms with Crippen LogP contribution in [0, 0.1) is 0 Å². The van der Waals surface area contributed by atoms with E-state index in [1.165, 1.54) is 25.9 Å². The molecule has 9 heteroatoms. The zero-order valence-electron chi connectivity index (χ0n) is 14.9. The largest absolute Gasteiger partial charge is 0.475 e. The molecule has 0 saturated carbocycles. The van der Waals surface area contributed by atoms with E-state index in [0.29, 0.717) is 11.4 Å². The number of para-hydroxylation sites is 2. The topological polar surface area (TPSA) is 105 Å². The quantitative estimate of drug-likeness (QED) is 0.711. The van der Waals surface area contributed by atoms with Crippen molar-refractivity contribution in [1.29, 1.82) is 0 Å². The maximum atomic E-state index is 12.2. The van der Waals surface area contributed by atoms with Gasteiger partial charge in [-0.1, -0.05) is 12.1 Å². The average Bonchev–Trinajstić information content (AvgIpc) is 2.64. The molecule has 3 amide bonds. The van der Waals surface area contributed by atoms with Gasteiger partial charge in [-0.05, 0) is 12.1 Å². The average molecular weight is 363 g/mol. The number of benzene rings is 1. The van der Waals surface area contributed by atoms with Gasteiger partial charge in [-0.25, -0.2) is 4.79 Å². The first-order valence-corrected chi connectivity index (χ1v) is 7.98. The lowest BCUT2D eigenvalue weighted by molar-refractivity contribution is -0.157. The molecule has 2 rings (SSSR count). The minimum Gasteiger partial charge on any atom is -0.475 e. The first kappa shape index (κ1) is 19.2. The Morgan fingerprint density at radius 1 is 1.31 bits per heavy atom. The minimum absolute atomic E-state index is 0.00650. The molecule has 1 aromatic carbocycles. The second-order valence-corrected chi connectivity index (χ2v) is 5.73. The molecule has 1 N–H and O–H groups in total. The molecule has 26 heavy (non-hydrogen) atoms. The Bertz CT molecular complexity index is 720. The Morgan fingerprint density at radius 2 is 2.00 bits per heavy atom. The normalized spacial score (nSPS) is 15.3. The van der Waals surface area contributed by atoms with Gasteiger partial charge in [0.25, 0.3) is 5.91 Å². The third kappa shape index (κ3) is 4.50. The number of esters is 1. The summed E-state index contributed by atoms with van der Waals surface area (Å²) in [5.74, 6) is -1.47. The zero-order valence-corrected chi connectivity index (χ0v) is 14.9. The summed E-state index contributed by atoms with van der Waals surface area (Å²) in [6, 6.07) is 6.85. The molecular weight excluding hydrogens is 342 g/mol. The van der Waals surface area contributed by atoms with Crippen LogP contribution in [0.2, 0.25) is 0 Å². The van der Waals surface area contributed by atoms with E-state index in [9.17, 15) is 19.2 Å². The summed E-state index contributed by atoms with van der Waals surface area (Å²) in [6.07, 6.45) is -1.04. The summed E-state index contributed by atoms with van der Waals surface area (Å²) in [5.41, 5.74) is 0.574. The van der Waals surface area contributed by atoms with Crippen LogP contribution in [-0.2, 0) is 23.9 Å². The number of fused-ring (bicyclic) bond motifs is 1. The highest BCUT2D eigenvalue weighted by atomic mass is 16.6. The molecule has 0 aliphatic carbocycles. The predicted octanol–water partition coefficient (Wildman–Crippen LogP) is -0.452. The van der Waals surface area contributed by atoms with Crippen LogP contribution >= 0.6 is 0 Å². The van der Waals surface area contributed by atoms with E-state index in [-0.39, 0.29) is 24.9 Å². The van der Waals surface area contributed by atoms with Crippen molar-refractivity contribution in [1.82, 2.24) is 10.2 Å². The van der Waals surface area contributed by atoms with Gasteiger partial charge >= 0.3 is 5.97 Å². The van der Waals surface area contributed by atoms with Gasteiger partial charge in [-0.2, -0.15) is 0 Å². The zero-order chi connectivity index (χ0) is 19.3. The maximum Gasteiger partial charge on any atom is 0.349 e. The predicted molar refractivity (Wildman–Crippen MR) is 91.5 cm³/mol. The fourth-order valence-corrected chi connectivity index (χ4v) is 2.37. The van der Waals surface area contributed by atoms with Crippen molar-refractivity contribution in [3.8, 4) is 5.75 Å². The highest BCUT2D eigenvalue weighted by molar-refractivity contribution is 5.95. The highest BCUT2D eigenvalue weighted by Crippen LogP contribution is 2.33. The summed E-state index contributed by atoms with van der Waals surface area (Å²) < 4.78 is 10.6. The van der Waals surface area contributed by atoms with Gasteiger partial charge < -0.3 is 24.6 Å². The summed E-state index contributed by atoms with van der Waals surface area (Å²) in [7, 11) is 2.88. The molecule has 0 spiro atoms. The lowest BCUT2D eigenvalue weighted by Gasteiger charge is -2.33. The van der Waals surface area contributed by atoms with Crippen molar-refractivity contribution >= 4 is 29.4 Å². The van der Waals surface area contributed by atoms with Gasteiger partial charge in [0.05, 0.1) is 18.8 Å².